The highest BCUT2D eigenvalue weighted by atomic mass is 16.5. The summed E-state index contributed by atoms with van der Waals surface area (Å²) in [6.45, 7) is 4.51. The molecule has 0 fully saturated rings. The highest BCUT2D eigenvalue weighted by molar-refractivity contribution is 5.60. The van der Waals surface area contributed by atoms with Gasteiger partial charge in [0.05, 0.1) is 13.2 Å². The van der Waals surface area contributed by atoms with Crippen molar-refractivity contribution in [1.82, 2.24) is 9.55 Å². The predicted molar refractivity (Wildman–Crippen MR) is 66.3 cm³/mol. The number of H-pyrrole nitrogens is 1. The fourth-order valence-corrected chi connectivity index (χ4v) is 1.34. The summed E-state index contributed by atoms with van der Waals surface area (Å²) in [5.41, 5.74) is 4.84. The topological polar surface area (TPSA) is 102 Å². The van der Waals surface area contributed by atoms with Crippen LogP contribution in [0, 0.1) is 0 Å². The minimum absolute atomic E-state index is 0.0950. The number of methoxy groups -OCH3 is 1. The maximum absolute atomic E-state index is 11.5. The Morgan fingerprint density at radius 3 is 2.88 bits per heavy atom. The van der Waals surface area contributed by atoms with Crippen LogP contribution in [0.25, 0.3) is 0 Å². The molecule has 0 saturated heterocycles. The smallest absolute Gasteiger partial charge is 0.330 e. The fraction of sp³-hybridized carbons (Fsp3) is 0.400. The molecule has 7 nitrogen and oxygen atoms in total. The number of rotatable bonds is 6. The van der Waals surface area contributed by atoms with Crippen molar-refractivity contribution in [3.05, 3.63) is 33.5 Å². The Balaban J connectivity index is 3.17. The molecule has 0 atom stereocenters. The van der Waals surface area contributed by atoms with E-state index in [9.17, 15) is 9.59 Å². The second-order valence-electron chi connectivity index (χ2n) is 3.33. The minimum Gasteiger partial charge on any atom is -0.383 e. The average molecular weight is 240 g/mol. The van der Waals surface area contributed by atoms with Crippen LogP contribution in [-0.4, -0.2) is 29.8 Å². The van der Waals surface area contributed by atoms with Gasteiger partial charge in [0, 0.05) is 13.7 Å². The summed E-state index contributed by atoms with van der Waals surface area (Å²) in [5, 5.41) is 2.79. The Morgan fingerprint density at radius 2 is 2.29 bits per heavy atom. The zero-order valence-corrected chi connectivity index (χ0v) is 9.66. The largest absolute Gasteiger partial charge is 0.383 e. The number of nitrogen functional groups attached to an aromatic ring is 1. The SMILES string of the molecule is C=CCNc1c(N)n(CCOC)c(=O)[nH]c1=O. The number of aromatic amines is 1. The Kier molecular flexibility index (Phi) is 4.53. The molecular formula is C10H16N4O3. The van der Waals surface area contributed by atoms with Crippen LogP contribution in [0.3, 0.4) is 0 Å². The van der Waals surface area contributed by atoms with Crippen LogP contribution in [0.1, 0.15) is 0 Å². The summed E-state index contributed by atoms with van der Waals surface area (Å²) in [7, 11) is 1.52. The molecule has 1 aromatic heterocycles. The van der Waals surface area contributed by atoms with Crippen LogP contribution in [0.2, 0.25) is 0 Å². The summed E-state index contributed by atoms with van der Waals surface area (Å²) >= 11 is 0. The summed E-state index contributed by atoms with van der Waals surface area (Å²) in [4.78, 5) is 25.2. The molecule has 0 amide bonds. The predicted octanol–water partition coefficient (Wildman–Crippen LogP) is -0.637. The van der Waals surface area contributed by atoms with Gasteiger partial charge in [-0.05, 0) is 0 Å². The van der Waals surface area contributed by atoms with E-state index < -0.39 is 11.2 Å². The lowest BCUT2D eigenvalue weighted by Crippen LogP contribution is -2.35. The van der Waals surface area contributed by atoms with E-state index in [0.717, 1.165) is 0 Å². The number of nitrogens with two attached hydrogens (primary N) is 1. The number of aromatic nitrogens is 2. The number of anilines is 2. The van der Waals surface area contributed by atoms with Crippen molar-refractivity contribution in [1.29, 1.82) is 0 Å². The maximum atomic E-state index is 11.5. The van der Waals surface area contributed by atoms with Crippen LogP contribution in [0.5, 0.6) is 0 Å². The fourth-order valence-electron chi connectivity index (χ4n) is 1.34. The number of nitrogens with zero attached hydrogens (tertiary/aromatic N) is 1. The van der Waals surface area contributed by atoms with Crippen LogP contribution in [0.4, 0.5) is 11.5 Å². The second kappa shape index (κ2) is 5.90. The summed E-state index contributed by atoms with van der Waals surface area (Å²) < 4.78 is 6.11. The van der Waals surface area contributed by atoms with Gasteiger partial charge in [-0.25, -0.2) is 4.79 Å². The van der Waals surface area contributed by atoms with Gasteiger partial charge in [0.15, 0.2) is 0 Å². The van der Waals surface area contributed by atoms with Crippen molar-refractivity contribution in [2.75, 3.05) is 31.3 Å². The second-order valence-corrected chi connectivity index (χ2v) is 3.33. The Morgan fingerprint density at radius 1 is 1.59 bits per heavy atom. The van der Waals surface area contributed by atoms with Crippen molar-refractivity contribution in [3.8, 4) is 0 Å². The molecule has 0 aliphatic heterocycles. The van der Waals surface area contributed by atoms with Crippen LogP contribution >= 0.6 is 0 Å². The first kappa shape index (κ1) is 13.0. The average Bonchev–Trinajstić information content (AvgIpc) is 2.28. The number of nitrogens with one attached hydrogen (secondary N) is 2. The third kappa shape index (κ3) is 2.97. The van der Waals surface area contributed by atoms with Crippen molar-refractivity contribution >= 4 is 11.5 Å². The Hall–Kier alpha value is -2.02. The van der Waals surface area contributed by atoms with Gasteiger partial charge in [-0.15, -0.1) is 6.58 Å². The molecule has 1 aromatic rings. The Bertz CT molecular complexity index is 503. The molecule has 0 aliphatic rings. The van der Waals surface area contributed by atoms with Gasteiger partial charge in [-0.2, -0.15) is 0 Å². The Labute approximate surface area is 97.9 Å². The molecule has 0 spiro atoms. The lowest BCUT2D eigenvalue weighted by molar-refractivity contribution is 0.186. The highest BCUT2D eigenvalue weighted by Gasteiger charge is 2.10. The van der Waals surface area contributed by atoms with E-state index in [0.29, 0.717) is 13.2 Å². The van der Waals surface area contributed by atoms with E-state index in [1.165, 1.54) is 11.7 Å². The molecule has 1 heterocycles. The molecule has 94 valence electrons. The van der Waals surface area contributed by atoms with E-state index >= 15 is 0 Å². The number of ether oxygens (including phenoxy) is 1. The first-order chi connectivity index (χ1) is 8.11. The molecule has 7 heteroatoms. The number of hydrogen-bond acceptors (Lipinski definition) is 5. The van der Waals surface area contributed by atoms with E-state index in [1.807, 2.05) is 0 Å². The third-order valence-corrected chi connectivity index (χ3v) is 2.18. The van der Waals surface area contributed by atoms with Gasteiger partial charge in [0.25, 0.3) is 5.56 Å². The lowest BCUT2D eigenvalue weighted by atomic mass is 10.4. The van der Waals surface area contributed by atoms with Crippen molar-refractivity contribution < 1.29 is 4.74 Å². The standard InChI is InChI=1S/C10H16N4O3/c1-3-4-12-7-8(11)14(5-6-17-2)10(16)13-9(7)15/h3,12H,1,4-6,11H2,2H3,(H,13,15,16). The molecular weight excluding hydrogens is 224 g/mol. The van der Waals surface area contributed by atoms with Gasteiger partial charge in [-0.1, -0.05) is 6.08 Å². The van der Waals surface area contributed by atoms with Crippen molar-refractivity contribution in [2.24, 2.45) is 0 Å². The van der Waals surface area contributed by atoms with Gasteiger partial charge in [-0.3, -0.25) is 14.3 Å². The molecule has 0 saturated carbocycles. The normalized spacial score (nSPS) is 10.2. The molecule has 0 bridgehead atoms. The van der Waals surface area contributed by atoms with Crippen LogP contribution in [-0.2, 0) is 11.3 Å². The monoisotopic (exact) mass is 240 g/mol. The van der Waals surface area contributed by atoms with E-state index in [4.69, 9.17) is 10.5 Å². The summed E-state index contributed by atoms with van der Waals surface area (Å²) in [5.74, 6) is 0.0950. The van der Waals surface area contributed by atoms with Crippen LogP contribution < -0.4 is 22.3 Å². The first-order valence-electron chi connectivity index (χ1n) is 5.08. The lowest BCUT2D eigenvalue weighted by Gasteiger charge is -2.12. The highest BCUT2D eigenvalue weighted by Crippen LogP contribution is 2.09. The van der Waals surface area contributed by atoms with Crippen molar-refractivity contribution in [2.45, 2.75) is 6.54 Å². The van der Waals surface area contributed by atoms with E-state index in [1.54, 1.807) is 6.08 Å². The zero-order chi connectivity index (χ0) is 12.8. The quantitative estimate of drug-likeness (QED) is 0.574. The van der Waals surface area contributed by atoms with Gasteiger partial charge < -0.3 is 15.8 Å². The van der Waals surface area contributed by atoms with Crippen molar-refractivity contribution in [3.63, 3.8) is 0 Å². The molecule has 17 heavy (non-hydrogen) atoms. The molecule has 0 aliphatic carbocycles. The minimum atomic E-state index is -0.547. The molecule has 0 radical (unpaired) electrons. The third-order valence-electron chi connectivity index (χ3n) is 2.18. The molecule has 4 N–H and O–H groups in total. The van der Waals surface area contributed by atoms with E-state index in [-0.39, 0.29) is 18.1 Å². The zero-order valence-electron chi connectivity index (χ0n) is 9.66. The van der Waals surface area contributed by atoms with Gasteiger partial charge in [0.1, 0.15) is 11.5 Å². The molecule has 1 rings (SSSR count). The molecule has 0 unspecified atom stereocenters. The van der Waals surface area contributed by atoms with Crippen LogP contribution in [0.15, 0.2) is 22.2 Å². The summed E-state index contributed by atoms with van der Waals surface area (Å²) in [6, 6.07) is 0. The first-order valence-corrected chi connectivity index (χ1v) is 5.08. The molecule has 0 aromatic carbocycles. The van der Waals surface area contributed by atoms with Gasteiger partial charge in [0.2, 0.25) is 0 Å². The maximum Gasteiger partial charge on any atom is 0.330 e. The van der Waals surface area contributed by atoms with E-state index in [2.05, 4.69) is 16.9 Å². The summed E-state index contributed by atoms with van der Waals surface area (Å²) in [6.07, 6.45) is 1.59. The number of hydrogen-bond donors (Lipinski definition) is 3. The van der Waals surface area contributed by atoms with Gasteiger partial charge >= 0.3 is 5.69 Å².